The number of aliphatic hydroxyl groups excluding tert-OH is 1. The lowest BCUT2D eigenvalue weighted by Crippen LogP contribution is -2.25. The number of ketones is 2. The Morgan fingerprint density at radius 2 is 1.68 bits per heavy atom. The van der Waals surface area contributed by atoms with Gasteiger partial charge in [0.15, 0.2) is 11.6 Å². The van der Waals surface area contributed by atoms with Gasteiger partial charge in [-0.3, -0.25) is 9.59 Å². The lowest BCUT2D eigenvalue weighted by molar-refractivity contribution is -0.132. The Morgan fingerprint density at radius 1 is 1.04 bits per heavy atom. The Labute approximate surface area is 150 Å². The van der Waals surface area contributed by atoms with Crippen molar-refractivity contribution >= 4 is 11.6 Å². The summed E-state index contributed by atoms with van der Waals surface area (Å²) in [5, 5.41) is 10.0. The summed E-state index contributed by atoms with van der Waals surface area (Å²) in [5.41, 5.74) is 1.97. The Kier molecular flexibility index (Phi) is 8.53. The molecule has 0 amide bonds. The smallest absolute Gasteiger partial charge is 0.233 e. The summed E-state index contributed by atoms with van der Waals surface area (Å²) in [6.45, 7) is 7.98. The predicted octanol–water partition coefficient (Wildman–Crippen LogP) is 5.84. The molecule has 0 fully saturated rings. The van der Waals surface area contributed by atoms with Gasteiger partial charge in [-0.2, -0.15) is 0 Å². The van der Waals surface area contributed by atoms with Crippen molar-refractivity contribution in [3.8, 4) is 0 Å². The van der Waals surface area contributed by atoms with Crippen LogP contribution in [-0.2, 0) is 9.59 Å². The highest BCUT2D eigenvalue weighted by Crippen LogP contribution is 2.30. The first-order valence-electron chi connectivity index (χ1n) is 8.98. The van der Waals surface area contributed by atoms with Crippen LogP contribution >= 0.6 is 0 Å². The fraction of sp³-hybridized carbons (Fsp3) is 0.524. The van der Waals surface area contributed by atoms with E-state index in [2.05, 4.69) is 6.08 Å². The molecule has 4 heteroatoms. The van der Waals surface area contributed by atoms with Crippen molar-refractivity contribution in [2.45, 2.75) is 72.6 Å². The number of rotatable bonds is 9. The molecular weight excluding hydrogens is 319 g/mol. The van der Waals surface area contributed by atoms with E-state index in [1.165, 1.54) is 5.57 Å². The fourth-order valence-electron chi connectivity index (χ4n) is 2.69. The molecule has 0 aromatic heterocycles. The van der Waals surface area contributed by atoms with E-state index in [0.29, 0.717) is 6.42 Å². The highest BCUT2D eigenvalue weighted by Gasteiger charge is 2.34. The van der Waals surface area contributed by atoms with E-state index < -0.39 is 23.2 Å². The minimum absolute atomic E-state index is 0.0761. The Balaban J connectivity index is 2.89. The molecule has 1 aliphatic carbocycles. The lowest BCUT2D eigenvalue weighted by atomic mass is 9.88. The first kappa shape index (κ1) is 21.1. The molecule has 0 unspecified atom stereocenters. The monoisotopic (exact) mass is 348 g/mol. The normalized spacial score (nSPS) is 16.0. The summed E-state index contributed by atoms with van der Waals surface area (Å²) in [4.78, 5) is 24.4. The number of aliphatic hydroxyl groups is 1. The van der Waals surface area contributed by atoms with Crippen LogP contribution in [0, 0.1) is 0 Å². The summed E-state index contributed by atoms with van der Waals surface area (Å²) >= 11 is 0. The van der Waals surface area contributed by atoms with E-state index in [9.17, 15) is 19.1 Å². The Morgan fingerprint density at radius 3 is 2.28 bits per heavy atom. The third-order valence-corrected chi connectivity index (χ3v) is 4.29. The van der Waals surface area contributed by atoms with Gasteiger partial charge in [0.25, 0.3) is 0 Å². The molecule has 1 N–H and O–H groups in total. The van der Waals surface area contributed by atoms with Gasteiger partial charge < -0.3 is 5.11 Å². The molecule has 3 nitrogen and oxygen atoms in total. The van der Waals surface area contributed by atoms with Crippen molar-refractivity contribution in [1.82, 2.24) is 0 Å². The van der Waals surface area contributed by atoms with Crippen LogP contribution < -0.4 is 0 Å². The van der Waals surface area contributed by atoms with Crippen molar-refractivity contribution in [3.63, 3.8) is 0 Å². The van der Waals surface area contributed by atoms with Gasteiger partial charge >= 0.3 is 0 Å². The Hall–Kier alpha value is -1.97. The van der Waals surface area contributed by atoms with Gasteiger partial charge in [-0.15, -0.1) is 0 Å². The van der Waals surface area contributed by atoms with Crippen LogP contribution in [0.2, 0.25) is 0 Å². The number of halogens is 1. The highest BCUT2D eigenvalue weighted by atomic mass is 19.1. The molecule has 0 saturated carbocycles. The second-order valence-corrected chi connectivity index (χ2v) is 6.81. The average Bonchev–Trinajstić information content (AvgIpc) is 2.56. The maximum Gasteiger partial charge on any atom is 0.233 e. The zero-order chi connectivity index (χ0) is 19.0. The summed E-state index contributed by atoms with van der Waals surface area (Å²) in [6.07, 6.45) is 8.29. The number of Topliss-reactive ketones (excluding diaryl/α,β-unsaturated/α-hetero) is 2. The number of allylic oxidation sites excluding steroid dienone is 7. The van der Waals surface area contributed by atoms with Gasteiger partial charge in [-0.1, -0.05) is 43.1 Å². The van der Waals surface area contributed by atoms with Crippen molar-refractivity contribution in [2.75, 3.05) is 0 Å². The zero-order valence-electron chi connectivity index (χ0n) is 15.7. The number of carbonyl (C=O) groups is 2. The van der Waals surface area contributed by atoms with E-state index in [4.69, 9.17) is 0 Å². The molecule has 1 aliphatic rings. The van der Waals surface area contributed by atoms with Gasteiger partial charge in [-0.25, -0.2) is 4.39 Å². The molecule has 25 heavy (non-hydrogen) atoms. The first-order valence-corrected chi connectivity index (χ1v) is 8.98. The molecule has 0 saturated heterocycles. The third kappa shape index (κ3) is 6.11. The van der Waals surface area contributed by atoms with Gasteiger partial charge in [-0.05, 0) is 52.9 Å². The van der Waals surface area contributed by atoms with Gasteiger partial charge in [0.05, 0.1) is 5.57 Å². The average molecular weight is 348 g/mol. The summed E-state index contributed by atoms with van der Waals surface area (Å²) in [6, 6.07) is 0. The number of hydrogen-bond donors (Lipinski definition) is 1. The highest BCUT2D eigenvalue weighted by molar-refractivity contribution is 6.50. The number of unbranched alkanes of at least 4 members (excludes halogenated alkanes) is 2. The second kappa shape index (κ2) is 10.1. The maximum atomic E-state index is 14.3. The van der Waals surface area contributed by atoms with E-state index in [0.717, 1.165) is 31.3 Å². The SMILES string of the molecule is CCCCCC1=C(F)C(O)=C(C/C=C(\C)CCC=C(C)C)C(=O)C1=O. The standard InChI is InChI=1S/C21H29FO3/c1-5-6-7-11-16-18(22)19(23)17(21(25)20(16)24)13-12-15(4)10-8-9-14(2)3/h9,12,23H,5-8,10-11,13H2,1-4H3/b15-12+. The van der Waals surface area contributed by atoms with Gasteiger partial charge in [0.2, 0.25) is 11.6 Å². The largest absolute Gasteiger partial charge is 0.505 e. The topological polar surface area (TPSA) is 54.4 Å². The molecule has 0 aromatic rings. The first-order chi connectivity index (χ1) is 11.8. The second-order valence-electron chi connectivity index (χ2n) is 6.81. The van der Waals surface area contributed by atoms with Gasteiger partial charge in [0.1, 0.15) is 0 Å². The minimum atomic E-state index is -0.925. The molecule has 138 valence electrons. The van der Waals surface area contributed by atoms with Crippen LogP contribution in [0.15, 0.2) is 46.0 Å². The van der Waals surface area contributed by atoms with E-state index in [-0.39, 0.29) is 24.0 Å². The molecule has 0 spiro atoms. The molecule has 0 radical (unpaired) electrons. The van der Waals surface area contributed by atoms with Crippen LogP contribution in [0.4, 0.5) is 4.39 Å². The number of carbonyl (C=O) groups excluding carboxylic acids is 2. The molecule has 0 aromatic carbocycles. The van der Waals surface area contributed by atoms with Crippen LogP contribution in [0.5, 0.6) is 0 Å². The summed E-state index contributed by atoms with van der Waals surface area (Å²) in [5.74, 6) is -3.17. The van der Waals surface area contributed by atoms with Crippen LogP contribution in [0.3, 0.4) is 0 Å². The molecule has 1 rings (SSSR count). The van der Waals surface area contributed by atoms with Crippen LogP contribution in [0.1, 0.15) is 72.6 Å². The van der Waals surface area contributed by atoms with E-state index >= 15 is 0 Å². The van der Waals surface area contributed by atoms with Crippen LogP contribution in [0.25, 0.3) is 0 Å². The lowest BCUT2D eigenvalue weighted by Gasteiger charge is -2.16. The van der Waals surface area contributed by atoms with E-state index in [1.54, 1.807) is 6.08 Å². The molecular formula is C21H29FO3. The van der Waals surface area contributed by atoms with Crippen molar-refractivity contribution in [2.24, 2.45) is 0 Å². The minimum Gasteiger partial charge on any atom is -0.505 e. The maximum absolute atomic E-state index is 14.3. The molecule has 0 atom stereocenters. The molecule has 0 aliphatic heterocycles. The predicted molar refractivity (Wildman–Crippen MR) is 99.0 cm³/mol. The summed E-state index contributed by atoms with van der Waals surface area (Å²) < 4.78 is 14.3. The third-order valence-electron chi connectivity index (χ3n) is 4.29. The molecule has 0 bridgehead atoms. The summed E-state index contributed by atoms with van der Waals surface area (Å²) in [7, 11) is 0. The van der Waals surface area contributed by atoms with Crippen molar-refractivity contribution < 1.29 is 19.1 Å². The van der Waals surface area contributed by atoms with Gasteiger partial charge in [0, 0.05) is 5.57 Å². The fourth-order valence-corrected chi connectivity index (χ4v) is 2.69. The van der Waals surface area contributed by atoms with E-state index in [1.807, 2.05) is 27.7 Å². The Bertz CT molecular complexity index is 644. The number of hydrogen-bond acceptors (Lipinski definition) is 3. The van der Waals surface area contributed by atoms with Crippen molar-refractivity contribution in [1.29, 1.82) is 0 Å². The quantitative estimate of drug-likeness (QED) is 0.246. The zero-order valence-corrected chi connectivity index (χ0v) is 15.7. The van der Waals surface area contributed by atoms with Crippen molar-refractivity contribution in [3.05, 3.63) is 46.0 Å². The van der Waals surface area contributed by atoms with Crippen LogP contribution in [-0.4, -0.2) is 16.7 Å². The molecule has 0 heterocycles.